The van der Waals surface area contributed by atoms with Crippen LogP contribution in [0.4, 0.5) is 0 Å². The minimum atomic E-state index is -3.28. The molecule has 0 bridgehead atoms. The highest BCUT2D eigenvalue weighted by molar-refractivity contribution is 7.91. The van der Waals surface area contributed by atoms with Crippen LogP contribution in [0.5, 0.6) is 0 Å². The normalized spacial score (nSPS) is 20.6. The molecule has 0 spiro atoms. The van der Waals surface area contributed by atoms with Crippen LogP contribution in [0.25, 0.3) is 0 Å². The summed E-state index contributed by atoms with van der Waals surface area (Å²) in [7, 11) is -3.28. The molecule has 2 aromatic rings. The molecule has 1 fully saturated rings. The summed E-state index contributed by atoms with van der Waals surface area (Å²) in [6.07, 6.45) is 0.411. The van der Waals surface area contributed by atoms with E-state index in [9.17, 15) is 13.2 Å². The summed E-state index contributed by atoms with van der Waals surface area (Å²) in [5.74, 6) is 1.08. The molecule has 6 heteroatoms. The van der Waals surface area contributed by atoms with Gasteiger partial charge in [0.15, 0.2) is 9.84 Å². The number of carbonyl (C=O) groups excluding carboxylic acids is 1. The highest BCUT2D eigenvalue weighted by Gasteiger charge is 2.33. The van der Waals surface area contributed by atoms with E-state index in [-0.39, 0.29) is 18.2 Å². The fourth-order valence-corrected chi connectivity index (χ4v) is 5.00. The van der Waals surface area contributed by atoms with Gasteiger partial charge in [-0.25, -0.2) is 8.42 Å². The second kappa shape index (κ2) is 6.43. The van der Waals surface area contributed by atoms with E-state index in [1.54, 1.807) is 24.8 Å². The van der Waals surface area contributed by atoms with Crippen LogP contribution in [0.2, 0.25) is 0 Å². The second-order valence-electron chi connectivity index (χ2n) is 6.17. The average Bonchev–Trinajstić information content (AvgIpc) is 2.79. The molecule has 1 aromatic heterocycles. The van der Waals surface area contributed by atoms with Gasteiger partial charge >= 0.3 is 0 Å². The van der Waals surface area contributed by atoms with Crippen LogP contribution in [0.3, 0.4) is 0 Å². The zero-order valence-corrected chi connectivity index (χ0v) is 14.7. The number of benzene rings is 1. The number of furan rings is 1. The third-order valence-corrected chi connectivity index (χ3v) is 6.60. The lowest BCUT2D eigenvalue weighted by molar-refractivity contribution is 0.0765. The minimum Gasteiger partial charge on any atom is -0.466 e. The number of amides is 1. The molecule has 24 heavy (non-hydrogen) atoms. The van der Waals surface area contributed by atoms with Crippen molar-refractivity contribution in [3.63, 3.8) is 0 Å². The summed E-state index contributed by atoms with van der Waals surface area (Å²) in [4.78, 5) is 14.3. The van der Waals surface area contributed by atoms with Crippen molar-refractivity contribution in [2.75, 3.05) is 18.8 Å². The summed E-state index contributed by atoms with van der Waals surface area (Å²) < 4.78 is 30.7. The molecular formula is C18H21NO4S. The molecule has 1 aliphatic heterocycles. The number of hydrogen-bond donors (Lipinski definition) is 0. The Morgan fingerprint density at radius 2 is 1.88 bits per heavy atom. The van der Waals surface area contributed by atoms with E-state index in [1.165, 1.54) is 0 Å². The quantitative estimate of drug-likeness (QED) is 0.838. The van der Waals surface area contributed by atoms with Crippen molar-refractivity contribution >= 4 is 15.7 Å². The minimum absolute atomic E-state index is 0.0197. The van der Waals surface area contributed by atoms with Crippen LogP contribution in [0, 0.1) is 13.8 Å². The Morgan fingerprint density at radius 3 is 2.50 bits per heavy atom. The average molecular weight is 347 g/mol. The van der Waals surface area contributed by atoms with Crippen LogP contribution < -0.4 is 0 Å². The van der Waals surface area contributed by atoms with Crippen LogP contribution >= 0.6 is 0 Å². The fourth-order valence-electron chi connectivity index (χ4n) is 3.20. The Balaban J connectivity index is 1.84. The first-order valence-corrected chi connectivity index (χ1v) is 9.73. The molecule has 0 N–H and O–H groups in total. The predicted octanol–water partition coefficient (Wildman–Crippen LogP) is 2.90. The molecule has 0 aliphatic carbocycles. The predicted molar refractivity (Wildman–Crippen MR) is 91.7 cm³/mol. The van der Waals surface area contributed by atoms with Gasteiger partial charge in [0.25, 0.3) is 5.91 Å². The highest BCUT2D eigenvalue weighted by Crippen LogP contribution is 2.30. The number of rotatable bonds is 2. The molecule has 128 valence electrons. The molecular weight excluding hydrogens is 326 g/mol. The fraction of sp³-hybridized carbons (Fsp3) is 0.389. The van der Waals surface area contributed by atoms with E-state index < -0.39 is 15.1 Å². The van der Waals surface area contributed by atoms with Gasteiger partial charge in [-0.2, -0.15) is 0 Å². The van der Waals surface area contributed by atoms with E-state index in [0.717, 1.165) is 5.56 Å². The van der Waals surface area contributed by atoms with Gasteiger partial charge in [0, 0.05) is 13.1 Å². The number of carbonyl (C=O) groups is 1. The molecule has 1 saturated heterocycles. The zero-order valence-electron chi connectivity index (χ0n) is 13.9. The maximum Gasteiger partial charge on any atom is 0.257 e. The van der Waals surface area contributed by atoms with Gasteiger partial charge in [0.1, 0.15) is 11.5 Å². The Morgan fingerprint density at radius 1 is 1.17 bits per heavy atom. The lowest BCUT2D eigenvalue weighted by atomic mass is 10.1. The molecule has 0 saturated carbocycles. The third-order valence-electron chi connectivity index (χ3n) is 4.47. The van der Waals surface area contributed by atoms with Gasteiger partial charge in [-0.1, -0.05) is 30.3 Å². The van der Waals surface area contributed by atoms with Crippen LogP contribution in [0.15, 0.2) is 40.8 Å². The molecule has 3 rings (SSSR count). The van der Waals surface area contributed by atoms with E-state index >= 15 is 0 Å². The first kappa shape index (κ1) is 16.8. The molecule has 1 aliphatic rings. The first-order valence-electron chi connectivity index (χ1n) is 8.01. The number of hydrogen-bond acceptors (Lipinski definition) is 4. The standard InChI is InChI=1S/C18H21NO4S/c1-13-12-16(14(2)23-13)18(20)19-9-8-17(24(21,22)11-10-19)15-6-4-3-5-7-15/h3-7,12,17H,8-11H2,1-2H3. The van der Waals surface area contributed by atoms with Crippen molar-refractivity contribution in [1.29, 1.82) is 0 Å². The summed E-state index contributed by atoms with van der Waals surface area (Å²) in [6, 6.07) is 10.9. The molecule has 2 heterocycles. The third kappa shape index (κ3) is 3.24. The summed E-state index contributed by atoms with van der Waals surface area (Å²) in [6.45, 7) is 4.18. The van der Waals surface area contributed by atoms with Gasteiger partial charge in [0.2, 0.25) is 0 Å². The number of nitrogens with zero attached hydrogens (tertiary/aromatic N) is 1. The van der Waals surface area contributed by atoms with Crippen LogP contribution in [-0.4, -0.2) is 38.1 Å². The van der Waals surface area contributed by atoms with Crippen molar-refractivity contribution in [1.82, 2.24) is 4.90 Å². The summed E-state index contributed by atoms with van der Waals surface area (Å²) in [5.41, 5.74) is 1.31. The van der Waals surface area contributed by atoms with Gasteiger partial charge in [-0.3, -0.25) is 4.79 Å². The first-order chi connectivity index (χ1) is 11.4. The van der Waals surface area contributed by atoms with Gasteiger partial charge < -0.3 is 9.32 Å². The second-order valence-corrected chi connectivity index (χ2v) is 8.48. The Kier molecular flexibility index (Phi) is 4.49. The van der Waals surface area contributed by atoms with Crippen molar-refractivity contribution < 1.29 is 17.6 Å². The van der Waals surface area contributed by atoms with E-state index in [2.05, 4.69) is 0 Å². The largest absolute Gasteiger partial charge is 0.466 e. The Bertz CT molecular complexity index is 839. The lowest BCUT2D eigenvalue weighted by Crippen LogP contribution is -2.33. The maximum absolute atomic E-state index is 12.7. The van der Waals surface area contributed by atoms with E-state index in [0.29, 0.717) is 30.0 Å². The van der Waals surface area contributed by atoms with E-state index in [1.807, 2.05) is 30.3 Å². The Hall–Kier alpha value is -2.08. The SMILES string of the molecule is Cc1cc(C(=O)N2CCC(c3ccccc3)S(=O)(=O)CC2)c(C)o1. The van der Waals surface area contributed by atoms with Crippen LogP contribution in [0.1, 0.15) is 39.1 Å². The molecule has 1 aromatic carbocycles. The smallest absolute Gasteiger partial charge is 0.257 e. The van der Waals surface area contributed by atoms with Gasteiger partial charge in [-0.05, 0) is 31.9 Å². The number of aryl methyl sites for hydroxylation is 2. The molecule has 1 atom stereocenters. The van der Waals surface area contributed by atoms with Crippen molar-refractivity contribution in [3.8, 4) is 0 Å². The highest BCUT2D eigenvalue weighted by atomic mass is 32.2. The zero-order chi connectivity index (χ0) is 17.3. The summed E-state index contributed by atoms with van der Waals surface area (Å²) in [5, 5.41) is -0.552. The van der Waals surface area contributed by atoms with Crippen molar-refractivity contribution in [2.24, 2.45) is 0 Å². The molecule has 1 amide bonds. The van der Waals surface area contributed by atoms with Crippen LogP contribution in [-0.2, 0) is 9.84 Å². The number of sulfone groups is 1. The molecule has 5 nitrogen and oxygen atoms in total. The maximum atomic E-state index is 12.7. The lowest BCUT2D eigenvalue weighted by Gasteiger charge is -2.19. The molecule has 1 unspecified atom stereocenters. The van der Waals surface area contributed by atoms with Crippen molar-refractivity contribution in [2.45, 2.75) is 25.5 Å². The summed E-state index contributed by atoms with van der Waals surface area (Å²) >= 11 is 0. The monoisotopic (exact) mass is 347 g/mol. The van der Waals surface area contributed by atoms with E-state index in [4.69, 9.17) is 4.42 Å². The van der Waals surface area contributed by atoms with Crippen molar-refractivity contribution in [3.05, 3.63) is 59.0 Å². The van der Waals surface area contributed by atoms with Gasteiger partial charge in [0.05, 0.1) is 16.6 Å². The topological polar surface area (TPSA) is 67.6 Å². The Labute approximate surface area is 142 Å². The van der Waals surface area contributed by atoms with Gasteiger partial charge in [-0.15, -0.1) is 0 Å². The molecule has 0 radical (unpaired) electrons.